The second-order valence-corrected chi connectivity index (χ2v) is 7.75. The van der Waals surface area contributed by atoms with Gasteiger partial charge in [-0.25, -0.2) is 4.79 Å². The fourth-order valence-electron chi connectivity index (χ4n) is 3.49. The molecule has 3 N–H and O–H groups in total. The maximum Gasteiger partial charge on any atom is 0.377 e. The van der Waals surface area contributed by atoms with Gasteiger partial charge in [0.15, 0.2) is 11.9 Å². The van der Waals surface area contributed by atoms with Crippen LogP contribution in [0, 0.1) is 0 Å². The number of carbonyl (C=O) groups is 1. The summed E-state index contributed by atoms with van der Waals surface area (Å²) < 4.78 is 10.3. The van der Waals surface area contributed by atoms with Gasteiger partial charge in [-0.1, -0.05) is 90.4 Å². The molecule has 6 nitrogen and oxygen atoms in total. The molecule has 0 aliphatic carbocycles. The van der Waals surface area contributed by atoms with E-state index in [0.29, 0.717) is 6.61 Å². The number of hydrogen-bond donors (Lipinski definition) is 3. The minimum absolute atomic E-state index is 0.395. The van der Waals surface area contributed by atoms with Crippen LogP contribution in [-0.4, -0.2) is 46.7 Å². The molecule has 0 aromatic carbocycles. The number of rotatable bonds is 18. The van der Waals surface area contributed by atoms with Crippen LogP contribution in [-0.2, 0) is 14.3 Å². The maximum atomic E-state index is 11.2. The first-order chi connectivity index (χ1) is 13.6. The van der Waals surface area contributed by atoms with Gasteiger partial charge in [-0.3, -0.25) is 0 Å². The fourth-order valence-corrected chi connectivity index (χ4v) is 3.49. The molecule has 6 heteroatoms. The lowest BCUT2D eigenvalue weighted by atomic mass is 10.0. The monoisotopic (exact) mass is 400 g/mol. The van der Waals surface area contributed by atoms with Gasteiger partial charge in [-0.2, -0.15) is 0 Å². The molecule has 1 heterocycles. The van der Waals surface area contributed by atoms with Crippen LogP contribution in [0.25, 0.3) is 0 Å². The average molecular weight is 401 g/mol. The SMILES string of the molecule is CCCCCCCCCCCCCCCCO[C@@H](CO)[C@H]1OC(=O)C(O)=C1O. The number of unbranched alkanes of at least 4 members (excludes halogenated alkanes) is 13. The summed E-state index contributed by atoms with van der Waals surface area (Å²) in [7, 11) is 0. The van der Waals surface area contributed by atoms with Crippen LogP contribution in [0.4, 0.5) is 0 Å². The summed E-state index contributed by atoms with van der Waals surface area (Å²) in [6, 6.07) is 0. The van der Waals surface area contributed by atoms with E-state index in [0.717, 1.165) is 19.3 Å². The van der Waals surface area contributed by atoms with Crippen LogP contribution in [0.3, 0.4) is 0 Å². The van der Waals surface area contributed by atoms with E-state index in [4.69, 9.17) is 9.47 Å². The minimum Gasteiger partial charge on any atom is -0.505 e. The number of aliphatic hydroxyl groups excluding tert-OH is 3. The van der Waals surface area contributed by atoms with Gasteiger partial charge in [0.2, 0.25) is 5.76 Å². The zero-order chi connectivity index (χ0) is 20.6. The predicted molar refractivity (Wildman–Crippen MR) is 109 cm³/mol. The number of cyclic esters (lactones) is 1. The first kappa shape index (κ1) is 24.8. The van der Waals surface area contributed by atoms with Crippen LogP contribution in [0.15, 0.2) is 11.5 Å². The standard InChI is InChI=1S/C22H40O6/c1-2-3-4-5-6-7-8-9-10-11-12-13-14-15-16-27-18(17-23)21-19(24)20(25)22(26)28-21/h18,21,23-25H,2-17H2,1H3/t18-,21+/m0/s1. The molecule has 1 rings (SSSR count). The van der Waals surface area contributed by atoms with E-state index in [1.165, 1.54) is 70.6 Å². The van der Waals surface area contributed by atoms with Crippen molar-refractivity contribution in [2.75, 3.05) is 13.2 Å². The highest BCUT2D eigenvalue weighted by atomic mass is 16.6. The van der Waals surface area contributed by atoms with Crippen LogP contribution in [0.5, 0.6) is 0 Å². The van der Waals surface area contributed by atoms with E-state index in [-0.39, 0.29) is 0 Å². The first-order valence-corrected chi connectivity index (χ1v) is 11.2. The van der Waals surface area contributed by atoms with Crippen molar-refractivity contribution in [1.82, 2.24) is 0 Å². The molecule has 0 aromatic rings. The van der Waals surface area contributed by atoms with Gasteiger partial charge in [-0.05, 0) is 6.42 Å². The molecular formula is C22H40O6. The molecule has 0 spiro atoms. The van der Waals surface area contributed by atoms with Crippen molar-refractivity contribution in [3.8, 4) is 0 Å². The molecule has 0 saturated heterocycles. The van der Waals surface area contributed by atoms with E-state index in [9.17, 15) is 20.1 Å². The third-order valence-electron chi connectivity index (χ3n) is 5.29. The zero-order valence-electron chi connectivity index (χ0n) is 17.5. The molecule has 0 aromatic heterocycles. The molecule has 1 aliphatic heterocycles. The van der Waals surface area contributed by atoms with Gasteiger partial charge in [-0.15, -0.1) is 0 Å². The van der Waals surface area contributed by atoms with Gasteiger partial charge in [0.25, 0.3) is 0 Å². The van der Waals surface area contributed by atoms with Crippen LogP contribution in [0.1, 0.15) is 96.8 Å². The van der Waals surface area contributed by atoms with Gasteiger partial charge >= 0.3 is 5.97 Å². The Morgan fingerprint density at radius 1 is 0.857 bits per heavy atom. The summed E-state index contributed by atoms with van der Waals surface area (Å²) in [5.41, 5.74) is 0. The summed E-state index contributed by atoms with van der Waals surface area (Å²) in [5, 5.41) is 28.3. The van der Waals surface area contributed by atoms with Gasteiger partial charge in [0.05, 0.1) is 6.61 Å². The molecule has 0 unspecified atom stereocenters. The molecule has 0 amide bonds. The van der Waals surface area contributed by atoms with E-state index >= 15 is 0 Å². The van der Waals surface area contributed by atoms with Crippen LogP contribution < -0.4 is 0 Å². The lowest BCUT2D eigenvalue weighted by molar-refractivity contribution is -0.150. The quantitative estimate of drug-likeness (QED) is 0.219. The smallest absolute Gasteiger partial charge is 0.377 e. The number of esters is 1. The third kappa shape index (κ3) is 9.78. The predicted octanol–water partition coefficient (Wildman–Crippen LogP) is 5.10. The Labute approximate surface area is 169 Å². The van der Waals surface area contributed by atoms with Crippen molar-refractivity contribution >= 4 is 5.97 Å². The van der Waals surface area contributed by atoms with E-state index in [1.807, 2.05) is 0 Å². The van der Waals surface area contributed by atoms with Crippen molar-refractivity contribution in [3.05, 3.63) is 11.5 Å². The van der Waals surface area contributed by atoms with Gasteiger partial charge in [0.1, 0.15) is 6.10 Å². The molecule has 0 bridgehead atoms. The lowest BCUT2D eigenvalue weighted by Crippen LogP contribution is -2.34. The summed E-state index contributed by atoms with van der Waals surface area (Å²) in [6.07, 6.45) is 15.9. The fraction of sp³-hybridized carbons (Fsp3) is 0.864. The van der Waals surface area contributed by atoms with Crippen molar-refractivity contribution in [3.63, 3.8) is 0 Å². The third-order valence-corrected chi connectivity index (χ3v) is 5.29. The number of ether oxygens (including phenoxy) is 2. The number of hydrogen-bond acceptors (Lipinski definition) is 6. The second kappa shape index (κ2) is 15.6. The molecule has 28 heavy (non-hydrogen) atoms. The van der Waals surface area contributed by atoms with E-state index in [1.54, 1.807) is 0 Å². The highest BCUT2D eigenvalue weighted by Crippen LogP contribution is 2.23. The van der Waals surface area contributed by atoms with Crippen LogP contribution in [0.2, 0.25) is 0 Å². The molecule has 2 atom stereocenters. The highest BCUT2D eigenvalue weighted by Gasteiger charge is 2.40. The van der Waals surface area contributed by atoms with Crippen molar-refractivity contribution in [2.45, 2.75) is 109 Å². The highest BCUT2D eigenvalue weighted by molar-refractivity contribution is 5.89. The topological polar surface area (TPSA) is 96.2 Å². The Balaban J connectivity index is 1.92. The summed E-state index contributed by atoms with van der Waals surface area (Å²) in [4.78, 5) is 11.2. The minimum atomic E-state index is -1.12. The Bertz CT molecular complexity index is 448. The largest absolute Gasteiger partial charge is 0.505 e. The second-order valence-electron chi connectivity index (χ2n) is 7.75. The average Bonchev–Trinajstić information content (AvgIpc) is 2.95. The van der Waals surface area contributed by atoms with Gasteiger partial charge in [0, 0.05) is 6.61 Å². The zero-order valence-corrected chi connectivity index (χ0v) is 17.5. The summed E-state index contributed by atoms with van der Waals surface area (Å²) in [5.74, 6) is -2.35. The normalized spacial score (nSPS) is 17.9. The molecule has 0 saturated carbocycles. The Hall–Kier alpha value is -1.27. The van der Waals surface area contributed by atoms with Crippen molar-refractivity contribution in [1.29, 1.82) is 0 Å². The maximum absolute atomic E-state index is 11.2. The summed E-state index contributed by atoms with van der Waals surface area (Å²) in [6.45, 7) is 2.28. The Morgan fingerprint density at radius 3 is 1.71 bits per heavy atom. The van der Waals surface area contributed by atoms with Crippen molar-refractivity contribution < 1.29 is 29.6 Å². The molecule has 0 fully saturated rings. The van der Waals surface area contributed by atoms with Crippen LogP contribution >= 0.6 is 0 Å². The Morgan fingerprint density at radius 2 is 1.32 bits per heavy atom. The Kier molecular flexibility index (Phi) is 13.8. The van der Waals surface area contributed by atoms with Gasteiger partial charge < -0.3 is 24.8 Å². The van der Waals surface area contributed by atoms with E-state index in [2.05, 4.69) is 6.92 Å². The van der Waals surface area contributed by atoms with E-state index < -0.39 is 36.3 Å². The number of aliphatic hydroxyl groups is 3. The lowest BCUT2D eigenvalue weighted by Gasteiger charge is -2.20. The molecule has 164 valence electrons. The molecular weight excluding hydrogens is 360 g/mol. The number of carbonyl (C=O) groups excluding carboxylic acids is 1. The van der Waals surface area contributed by atoms with Crippen molar-refractivity contribution in [2.24, 2.45) is 0 Å². The first-order valence-electron chi connectivity index (χ1n) is 11.2. The summed E-state index contributed by atoms with van der Waals surface area (Å²) >= 11 is 0. The molecule has 1 aliphatic rings. The molecule has 0 radical (unpaired) electrons.